The lowest BCUT2D eigenvalue weighted by atomic mass is 9.65. The Morgan fingerprint density at radius 2 is 1.88 bits per heavy atom. The fourth-order valence-corrected chi connectivity index (χ4v) is 4.50. The molecule has 0 radical (unpaired) electrons. The standard InChI is InChI=1S/C19H25NO3S/c1-19(10-11-19)15-5-3-4-14(18(22)23)16(15)17(21)20-12-6-8-13(24-2)9-7-12/h6-9,14-16H,3-5,10-11H2,1-2H3,(H,20,21)(H,22,23). The zero-order valence-electron chi connectivity index (χ0n) is 14.2. The molecule has 0 aliphatic heterocycles. The maximum absolute atomic E-state index is 12.9. The van der Waals surface area contributed by atoms with E-state index in [-0.39, 0.29) is 17.2 Å². The molecular formula is C19H25NO3S. The second kappa shape index (κ2) is 6.79. The predicted octanol–water partition coefficient (Wildman–Crippen LogP) is 4.26. The Bertz CT molecular complexity index is 624. The van der Waals surface area contributed by atoms with Crippen molar-refractivity contribution < 1.29 is 14.7 Å². The highest BCUT2D eigenvalue weighted by atomic mass is 32.2. The SMILES string of the molecule is CSc1ccc(NC(=O)C2C(C(=O)O)CCCC2C2(C)CC2)cc1. The number of carboxylic acids is 1. The highest BCUT2D eigenvalue weighted by Gasteiger charge is 2.54. The summed E-state index contributed by atoms with van der Waals surface area (Å²) < 4.78 is 0. The molecule has 1 aromatic rings. The predicted molar refractivity (Wildman–Crippen MR) is 96.2 cm³/mol. The minimum absolute atomic E-state index is 0.128. The van der Waals surface area contributed by atoms with Crippen LogP contribution in [0.4, 0.5) is 5.69 Å². The molecule has 130 valence electrons. The number of carbonyl (C=O) groups excluding carboxylic acids is 1. The Hall–Kier alpha value is -1.49. The van der Waals surface area contributed by atoms with E-state index in [1.54, 1.807) is 11.8 Å². The van der Waals surface area contributed by atoms with Crippen molar-refractivity contribution in [2.24, 2.45) is 23.2 Å². The van der Waals surface area contributed by atoms with E-state index in [1.807, 2.05) is 30.5 Å². The quantitative estimate of drug-likeness (QED) is 0.781. The number of thioether (sulfide) groups is 1. The van der Waals surface area contributed by atoms with Gasteiger partial charge in [0, 0.05) is 10.6 Å². The highest BCUT2D eigenvalue weighted by molar-refractivity contribution is 7.98. The van der Waals surface area contributed by atoms with Crippen molar-refractivity contribution in [2.75, 3.05) is 11.6 Å². The van der Waals surface area contributed by atoms with Crippen LogP contribution in [0, 0.1) is 23.2 Å². The lowest BCUT2D eigenvalue weighted by Gasteiger charge is -2.38. The summed E-state index contributed by atoms with van der Waals surface area (Å²) in [6, 6.07) is 7.71. The van der Waals surface area contributed by atoms with Crippen molar-refractivity contribution in [1.82, 2.24) is 0 Å². The van der Waals surface area contributed by atoms with E-state index in [2.05, 4.69) is 12.2 Å². The lowest BCUT2D eigenvalue weighted by Crippen LogP contribution is -2.44. The molecule has 1 aromatic carbocycles. The molecule has 0 heterocycles. The van der Waals surface area contributed by atoms with Gasteiger partial charge in [0.15, 0.2) is 0 Å². The molecule has 24 heavy (non-hydrogen) atoms. The van der Waals surface area contributed by atoms with Gasteiger partial charge >= 0.3 is 5.97 Å². The largest absolute Gasteiger partial charge is 0.481 e. The van der Waals surface area contributed by atoms with Crippen molar-refractivity contribution in [1.29, 1.82) is 0 Å². The third-order valence-corrected chi connectivity index (χ3v) is 6.55. The number of hydrogen-bond donors (Lipinski definition) is 2. The second-order valence-corrected chi connectivity index (χ2v) is 8.26. The molecule has 5 heteroatoms. The number of benzene rings is 1. The van der Waals surface area contributed by atoms with Crippen LogP contribution in [0.1, 0.15) is 39.0 Å². The third kappa shape index (κ3) is 3.46. The summed E-state index contributed by atoms with van der Waals surface area (Å²) in [6.07, 6.45) is 6.69. The lowest BCUT2D eigenvalue weighted by molar-refractivity contribution is -0.150. The van der Waals surface area contributed by atoms with Gasteiger partial charge in [-0.2, -0.15) is 0 Å². The topological polar surface area (TPSA) is 66.4 Å². The molecule has 3 rings (SSSR count). The molecule has 4 nitrogen and oxygen atoms in total. The molecule has 2 saturated carbocycles. The third-order valence-electron chi connectivity index (χ3n) is 5.81. The number of carbonyl (C=O) groups is 2. The first-order chi connectivity index (χ1) is 11.4. The van der Waals surface area contributed by atoms with E-state index in [0.29, 0.717) is 6.42 Å². The molecule has 2 aliphatic rings. The smallest absolute Gasteiger partial charge is 0.307 e. The van der Waals surface area contributed by atoms with Gasteiger partial charge < -0.3 is 10.4 Å². The molecule has 0 spiro atoms. The van der Waals surface area contributed by atoms with E-state index in [1.165, 1.54) is 0 Å². The van der Waals surface area contributed by atoms with Crippen LogP contribution < -0.4 is 5.32 Å². The molecule has 0 aromatic heterocycles. The van der Waals surface area contributed by atoms with Crippen LogP contribution >= 0.6 is 11.8 Å². The Balaban J connectivity index is 1.80. The Morgan fingerprint density at radius 3 is 2.42 bits per heavy atom. The number of aliphatic carboxylic acids is 1. The first-order valence-corrected chi connectivity index (χ1v) is 9.85. The van der Waals surface area contributed by atoms with Crippen LogP contribution in [0.3, 0.4) is 0 Å². The van der Waals surface area contributed by atoms with Gasteiger partial charge in [-0.05, 0) is 67.5 Å². The Kier molecular flexibility index (Phi) is 4.90. The van der Waals surface area contributed by atoms with Crippen molar-refractivity contribution >= 4 is 29.3 Å². The Morgan fingerprint density at radius 1 is 1.21 bits per heavy atom. The van der Waals surface area contributed by atoms with Crippen LogP contribution in [0.15, 0.2) is 29.2 Å². The van der Waals surface area contributed by atoms with Gasteiger partial charge in [-0.15, -0.1) is 11.8 Å². The van der Waals surface area contributed by atoms with Crippen molar-refractivity contribution in [3.8, 4) is 0 Å². The monoisotopic (exact) mass is 347 g/mol. The first-order valence-electron chi connectivity index (χ1n) is 8.62. The van der Waals surface area contributed by atoms with E-state index in [9.17, 15) is 14.7 Å². The minimum atomic E-state index is -0.832. The van der Waals surface area contributed by atoms with E-state index in [0.717, 1.165) is 36.3 Å². The zero-order chi connectivity index (χ0) is 17.3. The Labute approximate surface area is 147 Å². The van der Waals surface area contributed by atoms with Crippen LogP contribution in [-0.4, -0.2) is 23.2 Å². The fraction of sp³-hybridized carbons (Fsp3) is 0.579. The van der Waals surface area contributed by atoms with Crippen molar-refractivity contribution in [3.05, 3.63) is 24.3 Å². The van der Waals surface area contributed by atoms with Gasteiger partial charge in [-0.1, -0.05) is 13.3 Å². The van der Waals surface area contributed by atoms with E-state index < -0.39 is 17.8 Å². The van der Waals surface area contributed by atoms with Gasteiger partial charge in [0.25, 0.3) is 0 Å². The summed E-state index contributed by atoms with van der Waals surface area (Å²) in [5, 5.41) is 12.6. The average molecular weight is 347 g/mol. The maximum atomic E-state index is 12.9. The molecule has 3 unspecified atom stereocenters. The zero-order valence-corrected chi connectivity index (χ0v) is 15.1. The summed E-state index contributed by atoms with van der Waals surface area (Å²) >= 11 is 1.65. The molecule has 2 N–H and O–H groups in total. The molecule has 2 aliphatic carbocycles. The van der Waals surface area contributed by atoms with Gasteiger partial charge in [0.1, 0.15) is 0 Å². The number of amides is 1. The van der Waals surface area contributed by atoms with Crippen LogP contribution in [0.5, 0.6) is 0 Å². The summed E-state index contributed by atoms with van der Waals surface area (Å²) in [7, 11) is 0. The highest BCUT2D eigenvalue weighted by Crippen LogP contribution is 2.58. The van der Waals surface area contributed by atoms with Crippen LogP contribution in [0.2, 0.25) is 0 Å². The molecule has 1 amide bonds. The molecule has 2 fully saturated rings. The van der Waals surface area contributed by atoms with Gasteiger partial charge in [-0.25, -0.2) is 0 Å². The van der Waals surface area contributed by atoms with E-state index in [4.69, 9.17) is 0 Å². The normalized spacial score (nSPS) is 28.2. The fourth-order valence-electron chi connectivity index (χ4n) is 4.09. The van der Waals surface area contributed by atoms with Gasteiger partial charge in [-0.3, -0.25) is 9.59 Å². The molecule has 0 saturated heterocycles. The molecule has 0 bridgehead atoms. The van der Waals surface area contributed by atoms with Crippen molar-refractivity contribution in [3.63, 3.8) is 0 Å². The summed E-state index contributed by atoms with van der Waals surface area (Å²) in [4.78, 5) is 25.8. The first kappa shape index (κ1) is 17.3. The number of rotatable bonds is 5. The van der Waals surface area contributed by atoms with Crippen molar-refractivity contribution in [2.45, 2.75) is 43.9 Å². The number of hydrogen-bond acceptors (Lipinski definition) is 3. The molecular weight excluding hydrogens is 322 g/mol. The summed E-state index contributed by atoms with van der Waals surface area (Å²) in [5.74, 6) is -1.77. The average Bonchev–Trinajstić information content (AvgIpc) is 3.33. The number of anilines is 1. The van der Waals surface area contributed by atoms with Gasteiger partial charge in [0.2, 0.25) is 5.91 Å². The summed E-state index contributed by atoms with van der Waals surface area (Å²) in [6.45, 7) is 2.20. The van der Waals surface area contributed by atoms with Crippen LogP contribution in [0.25, 0.3) is 0 Å². The number of nitrogens with one attached hydrogen (secondary N) is 1. The summed E-state index contributed by atoms with van der Waals surface area (Å²) in [5.41, 5.74) is 0.894. The van der Waals surface area contributed by atoms with E-state index >= 15 is 0 Å². The minimum Gasteiger partial charge on any atom is -0.481 e. The number of carboxylic acid groups (broad SMARTS) is 1. The molecule has 3 atom stereocenters. The van der Waals surface area contributed by atoms with Gasteiger partial charge in [0.05, 0.1) is 11.8 Å². The van der Waals surface area contributed by atoms with Crippen LogP contribution in [-0.2, 0) is 9.59 Å². The maximum Gasteiger partial charge on any atom is 0.307 e. The second-order valence-electron chi connectivity index (χ2n) is 7.38.